The van der Waals surface area contributed by atoms with E-state index in [-0.39, 0.29) is 11.9 Å². The summed E-state index contributed by atoms with van der Waals surface area (Å²) in [6.45, 7) is 0. The molecule has 6 N–H and O–H groups in total. The second-order valence-corrected chi connectivity index (χ2v) is 3.88. The first-order valence-electron chi connectivity index (χ1n) is 5.55. The fourth-order valence-electron chi connectivity index (χ4n) is 1.51. The summed E-state index contributed by atoms with van der Waals surface area (Å²) in [6, 6.07) is 7.68. The molecular formula is C12H18N4O. The lowest BCUT2D eigenvalue weighted by Gasteiger charge is -2.01. The van der Waals surface area contributed by atoms with E-state index >= 15 is 0 Å². The summed E-state index contributed by atoms with van der Waals surface area (Å²) in [5.74, 6) is -0.188. The van der Waals surface area contributed by atoms with Gasteiger partial charge in [-0.3, -0.25) is 4.79 Å². The number of rotatable bonds is 6. The lowest BCUT2D eigenvalue weighted by Crippen LogP contribution is -2.21. The summed E-state index contributed by atoms with van der Waals surface area (Å²) in [7, 11) is 0. The van der Waals surface area contributed by atoms with Gasteiger partial charge < -0.3 is 17.2 Å². The Morgan fingerprint density at radius 2 is 1.71 bits per heavy atom. The third-order valence-corrected chi connectivity index (χ3v) is 2.33. The normalized spacial score (nSPS) is 9.88. The molecule has 0 bridgehead atoms. The van der Waals surface area contributed by atoms with Crippen LogP contribution >= 0.6 is 0 Å². The molecule has 0 spiro atoms. The maximum absolute atomic E-state index is 10.5. The average Bonchev–Trinajstić information content (AvgIpc) is 2.25. The number of hydrogen-bond donors (Lipinski definition) is 3. The highest BCUT2D eigenvalue weighted by Crippen LogP contribution is 2.14. The van der Waals surface area contributed by atoms with Crippen molar-refractivity contribution in [2.45, 2.75) is 25.7 Å². The standard InChI is InChI=1S/C12H18N4O/c13-11(17)4-2-1-3-9-5-7-10(8-6-9)16-12(14)15/h5-8H,1-4H2,(H2,13,17)(H4,14,15,16). The van der Waals surface area contributed by atoms with E-state index in [4.69, 9.17) is 17.2 Å². The predicted octanol–water partition coefficient (Wildman–Crippen LogP) is 0.790. The highest BCUT2D eigenvalue weighted by molar-refractivity contribution is 5.78. The van der Waals surface area contributed by atoms with Crippen molar-refractivity contribution in [2.24, 2.45) is 22.2 Å². The number of carbonyl (C=O) groups is 1. The number of carbonyl (C=O) groups excluding carboxylic acids is 1. The molecule has 92 valence electrons. The van der Waals surface area contributed by atoms with E-state index in [1.165, 1.54) is 5.56 Å². The van der Waals surface area contributed by atoms with Crippen molar-refractivity contribution < 1.29 is 4.79 Å². The molecule has 0 saturated carbocycles. The number of benzene rings is 1. The van der Waals surface area contributed by atoms with Gasteiger partial charge in [-0.25, -0.2) is 4.99 Å². The molecule has 0 atom stereocenters. The summed E-state index contributed by atoms with van der Waals surface area (Å²) < 4.78 is 0. The predicted molar refractivity (Wildman–Crippen MR) is 68.7 cm³/mol. The van der Waals surface area contributed by atoms with E-state index in [0.717, 1.165) is 24.9 Å². The molecule has 1 aromatic rings. The topological polar surface area (TPSA) is 107 Å². The Balaban J connectivity index is 2.40. The van der Waals surface area contributed by atoms with Gasteiger partial charge in [0.05, 0.1) is 5.69 Å². The molecule has 0 heterocycles. The molecule has 0 aliphatic heterocycles. The summed E-state index contributed by atoms with van der Waals surface area (Å²) in [5.41, 5.74) is 17.5. The Labute approximate surface area is 101 Å². The molecule has 0 aliphatic rings. The third kappa shape index (κ3) is 5.55. The van der Waals surface area contributed by atoms with Gasteiger partial charge >= 0.3 is 0 Å². The van der Waals surface area contributed by atoms with Crippen LogP contribution in [0, 0.1) is 0 Å². The third-order valence-electron chi connectivity index (χ3n) is 2.33. The Bertz CT molecular complexity index is 393. The Morgan fingerprint density at radius 1 is 1.06 bits per heavy atom. The number of unbranched alkanes of at least 4 members (excludes halogenated alkanes) is 1. The number of amides is 1. The second-order valence-electron chi connectivity index (χ2n) is 3.88. The molecule has 1 rings (SSSR count). The number of guanidine groups is 1. The van der Waals surface area contributed by atoms with E-state index in [1.807, 2.05) is 24.3 Å². The zero-order valence-corrected chi connectivity index (χ0v) is 9.73. The zero-order chi connectivity index (χ0) is 12.7. The molecule has 5 heteroatoms. The van der Waals surface area contributed by atoms with Crippen molar-refractivity contribution in [3.63, 3.8) is 0 Å². The van der Waals surface area contributed by atoms with Gasteiger partial charge in [0.25, 0.3) is 0 Å². The molecular weight excluding hydrogens is 216 g/mol. The monoisotopic (exact) mass is 234 g/mol. The zero-order valence-electron chi connectivity index (χ0n) is 9.73. The van der Waals surface area contributed by atoms with Crippen molar-refractivity contribution in [3.05, 3.63) is 29.8 Å². The van der Waals surface area contributed by atoms with Crippen LogP contribution in [0.5, 0.6) is 0 Å². The van der Waals surface area contributed by atoms with Gasteiger partial charge in [0.15, 0.2) is 5.96 Å². The molecule has 0 fully saturated rings. The fourth-order valence-corrected chi connectivity index (χ4v) is 1.51. The summed E-state index contributed by atoms with van der Waals surface area (Å²) in [4.78, 5) is 14.5. The Hall–Kier alpha value is -2.04. The first kappa shape index (κ1) is 13.0. The van der Waals surface area contributed by atoms with Crippen LogP contribution in [-0.4, -0.2) is 11.9 Å². The van der Waals surface area contributed by atoms with Crippen molar-refractivity contribution in [2.75, 3.05) is 0 Å². The lowest BCUT2D eigenvalue weighted by molar-refractivity contribution is -0.118. The minimum absolute atomic E-state index is 0.0548. The number of nitrogens with two attached hydrogens (primary N) is 3. The Morgan fingerprint density at radius 3 is 2.24 bits per heavy atom. The molecule has 1 amide bonds. The van der Waals surface area contributed by atoms with Crippen LogP contribution in [0.15, 0.2) is 29.3 Å². The summed E-state index contributed by atoms with van der Waals surface area (Å²) in [5, 5.41) is 0. The number of aryl methyl sites for hydroxylation is 1. The van der Waals surface area contributed by atoms with E-state index in [1.54, 1.807) is 0 Å². The minimum atomic E-state index is -0.242. The number of hydrogen-bond acceptors (Lipinski definition) is 2. The number of aliphatic imine (C=N–C) groups is 1. The van der Waals surface area contributed by atoms with E-state index in [0.29, 0.717) is 6.42 Å². The molecule has 17 heavy (non-hydrogen) atoms. The molecule has 0 aromatic heterocycles. The van der Waals surface area contributed by atoms with E-state index in [2.05, 4.69) is 4.99 Å². The molecule has 5 nitrogen and oxygen atoms in total. The van der Waals surface area contributed by atoms with E-state index in [9.17, 15) is 4.79 Å². The SMILES string of the molecule is NC(=O)CCCCc1ccc(N=C(N)N)cc1. The maximum Gasteiger partial charge on any atom is 0.217 e. The van der Waals surface area contributed by atoms with Gasteiger partial charge in [-0.2, -0.15) is 0 Å². The van der Waals surface area contributed by atoms with Gasteiger partial charge in [0.1, 0.15) is 0 Å². The number of nitrogens with zero attached hydrogens (tertiary/aromatic N) is 1. The van der Waals surface area contributed by atoms with Crippen LogP contribution in [0.4, 0.5) is 5.69 Å². The quantitative estimate of drug-likeness (QED) is 0.384. The first-order chi connectivity index (χ1) is 8.08. The fraction of sp³-hybridized carbons (Fsp3) is 0.333. The number of primary amides is 1. The van der Waals surface area contributed by atoms with Crippen LogP contribution in [0.2, 0.25) is 0 Å². The molecule has 0 aliphatic carbocycles. The van der Waals surface area contributed by atoms with Gasteiger partial charge in [0, 0.05) is 6.42 Å². The van der Waals surface area contributed by atoms with E-state index < -0.39 is 0 Å². The average molecular weight is 234 g/mol. The van der Waals surface area contributed by atoms with Crippen LogP contribution in [0.25, 0.3) is 0 Å². The van der Waals surface area contributed by atoms with Crippen molar-refractivity contribution in [3.8, 4) is 0 Å². The maximum atomic E-state index is 10.5. The highest BCUT2D eigenvalue weighted by atomic mass is 16.1. The lowest BCUT2D eigenvalue weighted by atomic mass is 10.1. The Kier molecular flexibility index (Phi) is 5.00. The first-order valence-corrected chi connectivity index (χ1v) is 5.55. The highest BCUT2D eigenvalue weighted by Gasteiger charge is 1.97. The van der Waals surface area contributed by atoms with Gasteiger partial charge in [-0.05, 0) is 37.0 Å². The molecule has 0 radical (unpaired) electrons. The molecule has 0 saturated heterocycles. The minimum Gasteiger partial charge on any atom is -0.370 e. The molecule has 1 aromatic carbocycles. The summed E-state index contributed by atoms with van der Waals surface area (Å²) in [6.07, 6.45) is 3.15. The van der Waals surface area contributed by atoms with Crippen molar-refractivity contribution in [1.82, 2.24) is 0 Å². The van der Waals surface area contributed by atoms with Gasteiger partial charge in [-0.15, -0.1) is 0 Å². The van der Waals surface area contributed by atoms with Crippen molar-refractivity contribution >= 4 is 17.6 Å². The van der Waals surface area contributed by atoms with Gasteiger partial charge in [-0.1, -0.05) is 12.1 Å². The van der Waals surface area contributed by atoms with Crippen molar-refractivity contribution in [1.29, 1.82) is 0 Å². The summed E-state index contributed by atoms with van der Waals surface area (Å²) >= 11 is 0. The second kappa shape index (κ2) is 6.52. The van der Waals surface area contributed by atoms with Crippen LogP contribution in [-0.2, 0) is 11.2 Å². The largest absolute Gasteiger partial charge is 0.370 e. The van der Waals surface area contributed by atoms with Crippen LogP contribution in [0.3, 0.4) is 0 Å². The molecule has 0 unspecified atom stereocenters. The smallest absolute Gasteiger partial charge is 0.217 e. The van der Waals surface area contributed by atoms with Crippen LogP contribution < -0.4 is 17.2 Å². The van der Waals surface area contributed by atoms with Crippen LogP contribution in [0.1, 0.15) is 24.8 Å². The van der Waals surface area contributed by atoms with Gasteiger partial charge in [0.2, 0.25) is 5.91 Å².